The van der Waals surface area contributed by atoms with Gasteiger partial charge in [-0.1, -0.05) is 35.9 Å². The molecule has 3 rings (SSSR count). The predicted octanol–water partition coefficient (Wildman–Crippen LogP) is 4.76. The highest BCUT2D eigenvalue weighted by Gasteiger charge is 2.55. The Morgan fingerprint density at radius 1 is 1.08 bits per heavy atom. The molecule has 1 aliphatic rings. The number of hydrogen-bond acceptors (Lipinski definition) is 5. The highest BCUT2D eigenvalue weighted by Crippen LogP contribution is 2.41. The first-order valence-corrected chi connectivity index (χ1v) is 12.0. The van der Waals surface area contributed by atoms with Crippen LogP contribution in [0.4, 0.5) is 30.7 Å². The molecular formula is C21H16ClF7N2O5S. The summed E-state index contributed by atoms with van der Waals surface area (Å²) in [5, 5.41) is 3.43. The molecule has 0 aromatic heterocycles. The van der Waals surface area contributed by atoms with Crippen molar-refractivity contribution in [2.75, 3.05) is 0 Å². The average molecular weight is 577 g/mol. The molecule has 7 nitrogen and oxygen atoms in total. The Bertz CT molecular complexity index is 1340. The first-order valence-electron chi connectivity index (χ1n) is 10.2. The van der Waals surface area contributed by atoms with E-state index < -0.39 is 61.8 Å². The lowest BCUT2D eigenvalue weighted by Gasteiger charge is -2.22. The number of hydrogen-bond donors (Lipinski definition) is 2. The zero-order chi connectivity index (χ0) is 28.0. The smallest absolute Gasteiger partial charge is 0.374 e. The molecule has 202 valence electrons. The van der Waals surface area contributed by atoms with Gasteiger partial charge in [0.15, 0.2) is 5.75 Å². The summed E-state index contributed by atoms with van der Waals surface area (Å²) in [5.41, 5.74) is -8.14. The third-order valence-corrected chi connectivity index (χ3v) is 6.61. The van der Waals surface area contributed by atoms with Crippen LogP contribution in [0.25, 0.3) is 11.1 Å². The summed E-state index contributed by atoms with van der Waals surface area (Å²) in [4.78, 5) is 23.7. The molecule has 0 bridgehead atoms. The number of benzene rings is 2. The molecule has 16 heteroatoms. The van der Waals surface area contributed by atoms with Crippen LogP contribution >= 0.6 is 11.6 Å². The van der Waals surface area contributed by atoms with Gasteiger partial charge in [-0.3, -0.25) is 9.59 Å². The van der Waals surface area contributed by atoms with Gasteiger partial charge in [-0.15, -0.1) is 0 Å². The summed E-state index contributed by atoms with van der Waals surface area (Å²) >= 11 is 5.83. The highest BCUT2D eigenvalue weighted by atomic mass is 35.5. The van der Waals surface area contributed by atoms with E-state index in [2.05, 4.69) is 9.50 Å². The minimum absolute atomic E-state index is 0.0623. The number of nitrogens with one attached hydrogen (secondary N) is 2. The van der Waals surface area contributed by atoms with Crippen LogP contribution < -0.4 is 14.8 Å². The molecule has 2 N–H and O–H groups in total. The van der Waals surface area contributed by atoms with Gasteiger partial charge in [0.05, 0.1) is 11.1 Å². The molecule has 1 fully saturated rings. The van der Waals surface area contributed by atoms with Crippen LogP contribution in [0.3, 0.4) is 0 Å². The van der Waals surface area contributed by atoms with Crippen molar-refractivity contribution in [3.8, 4) is 16.9 Å². The molecule has 0 saturated heterocycles. The maximum absolute atomic E-state index is 14.9. The molecular weight excluding hydrogens is 561 g/mol. The van der Waals surface area contributed by atoms with E-state index in [9.17, 15) is 48.7 Å². The third kappa shape index (κ3) is 6.09. The molecule has 1 saturated carbocycles. The van der Waals surface area contributed by atoms with Crippen molar-refractivity contribution in [2.45, 2.75) is 43.0 Å². The summed E-state index contributed by atoms with van der Waals surface area (Å²) in [5.74, 6) is -5.16. The fourth-order valence-electron chi connectivity index (χ4n) is 3.26. The fraction of sp³-hybridized carbons (Fsp3) is 0.333. The zero-order valence-electron chi connectivity index (χ0n) is 18.4. The third-order valence-electron chi connectivity index (χ3n) is 5.36. The Labute approximate surface area is 210 Å². The van der Waals surface area contributed by atoms with Gasteiger partial charge in [0, 0.05) is 11.1 Å². The first kappa shape index (κ1) is 28.5. The number of rotatable bonds is 7. The second-order valence-electron chi connectivity index (χ2n) is 8.07. The molecule has 2 aromatic carbocycles. The number of carbonyl (C=O) groups excluding carboxylic acids is 2. The average Bonchev–Trinajstić information content (AvgIpc) is 3.54. The standard InChI is InChI=1S/C21H16ClF7N2O5S/c1-10(30-17(32)19(7-8-19)31-18(33)20(24,25)26)12-6-5-11(9-15(12)23)13-3-2-4-14(22)16(13)36-37(34,35)21(27,28)29/h2-6,9-10H,7-8H2,1H3,(H,30,32)(H,31,33)/t10-/m1/s1. The van der Waals surface area contributed by atoms with E-state index in [0.29, 0.717) is 0 Å². The minimum atomic E-state index is -6.10. The van der Waals surface area contributed by atoms with Gasteiger partial charge in [0.1, 0.15) is 11.4 Å². The molecule has 0 heterocycles. The summed E-state index contributed by atoms with van der Waals surface area (Å²) < 4.78 is 118. The van der Waals surface area contributed by atoms with Crippen molar-refractivity contribution in [3.63, 3.8) is 0 Å². The van der Waals surface area contributed by atoms with Crippen molar-refractivity contribution < 1.29 is 52.9 Å². The summed E-state index contributed by atoms with van der Waals surface area (Å²) in [6.07, 6.45) is -5.33. The van der Waals surface area contributed by atoms with E-state index in [4.69, 9.17) is 11.6 Å². The Balaban J connectivity index is 1.84. The van der Waals surface area contributed by atoms with Crippen molar-refractivity contribution in [1.82, 2.24) is 10.6 Å². The van der Waals surface area contributed by atoms with Crippen LogP contribution in [0.1, 0.15) is 31.4 Å². The van der Waals surface area contributed by atoms with Crippen LogP contribution in [-0.2, 0) is 19.7 Å². The van der Waals surface area contributed by atoms with Crippen molar-refractivity contribution in [3.05, 3.63) is 52.8 Å². The minimum Gasteiger partial charge on any atom is -0.374 e. The van der Waals surface area contributed by atoms with E-state index in [-0.39, 0.29) is 29.5 Å². The number of alkyl halides is 6. The maximum Gasteiger partial charge on any atom is 0.534 e. The molecule has 0 spiro atoms. The van der Waals surface area contributed by atoms with Crippen molar-refractivity contribution in [2.24, 2.45) is 0 Å². The van der Waals surface area contributed by atoms with Gasteiger partial charge < -0.3 is 14.8 Å². The molecule has 0 aliphatic heterocycles. The molecule has 2 amide bonds. The lowest BCUT2D eigenvalue weighted by molar-refractivity contribution is -0.175. The van der Waals surface area contributed by atoms with Gasteiger partial charge in [-0.25, -0.2) is 4.39 Å². The Kier molecular flexibility index (Phi) is 7.45. The maximum atomic E-state index is 14.9. The molecule has 37 heavy (non-hydrogen) atoms. The van der Waals surface area contributed by atoms with Crippen LogP contribution in [0.5, 0.6) is 5.75 Å². The Hall–Kier alpha value is -3.07. The number of halogens is 8. The predicted molar refractivity (Wildman–Crippen MR) is 115 cm³/mol. The van der Waals surface area contributed by atoms with Gasteiger partial charge >= 0.3 is 27.7 Å². The van der Waals surface area contributed by atoms with Crippen LogP contribution in [-0.4, -0.2) is 37.5 Å². The van der Waals surface area contributed by atoms with Crippen LogP contribution in [0.15, 0.2) is 36.4 Å². The van der Waals surface area contributed by atoms with Crippen LogP contribution in [0.2, 0.25) is 5.02 Å². The van der Waals surface area contributed by atoms with Gasteiger partial charge in [-0.05, 0) is 37.5 Å². The van der Waals surface area contributed by atoms with E-state index in [1.807, 2.05) is 0 Å². The van der Waals surface area contributed by atoms with E-state index in [1.54, 1.807) is 5.32 Å². The van der Waals surface area contributed by atoms with E-state index in [1.165, 1.54) is 19.1 Å². The van der Waals surface area contributed by atoms with Crippen LogP contribution in [0, 0.1) is 5.82 Å². The monoisotopic (exact) mass is 576 g/mol. The quantitative estimate of drug-likeness (QED) is 0.281. The van der Waals surface area contributed by atoms with Gasteiger partial charge in [0.2, 0.25) is 5.91 Å². The van der Waals surface area contributed by atoms with Crippen molar-refractivity contribution in [1.29, 1.82) is 0 Å². The number of carbonyl (C=O) groups is 2. The van der Waals surface area contributed by atoms with Gasteiger partial charge in [-0.2, -0.15) is 34.8 Å². The highest BCUT2D eigenvalue weighted by molar-refractivity contribution is 7.88. The van der Waals surface area contributed by atoms with E-state index >= 15 is 0 Å². The first-order chi connectivity index (χ1) is 16.9. The summed E-state index contributed by atoms with van der Waals surface area (Å²) in [7, 11) is -6.10. The molecule has 0 radical (unpaired) electrons. The summed E-state index contributed by atoms with van der Waals surface area (Å²) in [6.45, 7) is 1.31. The number of amides is 2. The normalized spacial score (nSPS) is 16.0. The second-order valence-corrected chi connectivity index (χ2v) is 10.0. The lowest BCUT2D eigenvalue weighted by atomic mass is 9.99. The fourth-order valence-corrected chi connectivity index (χ4v) is 4.01. The number of para-hydroxylation sites is 1. The molecule has 1 atom stereocenters. The van der Waals surface area contributed by atoms with Gasteiger partial charge in [0.25, 0.3) is 0 Å². The molecule has 2 aromatic rings. The largest absolute Gasteiger partial charge is 0.534 e. The van der Waals surface area contributed by atoms with E-state index in [0.717, 1.165) is 24.3 Å². The molecule has 0 unspecified atom stereocenters. The Morgan fingerprint density at radius 2 is 1.70 bits per heavy atom. The summed E-state index contributed by atoms with van der Waals surface area (Å²) in [6, 6.07) is 5.44. The lowest BCUT2D eigenvalue weighted by Crippen LogP contribution is -2.53. The topological polar surface area (TPSA) is 102 Å². The molecule has 1 aliphatic carbocycles. The Morgan fingerprint density at radius 3 is 2.22 bits per heavy atom. The second kappa shape index (κ2) is 9.67. The SMILES string of the molecule is C[C@@H](NC(=O)C1(NC(=O)C(F)(F)F)CC1)c1ccc(-c2cccc(Cl)c2OS(=O)(=O)C(F)(F)F)cc1F. The zero-order valence-corrected chi connectivity index (χ0v) is 20.0. The van der Waals surface area contributed by atoms with Crippen molar-refractivity contribution >= 4 is 33.5 Å².